The summed E-state index contributed by atoms with van der Waals surface area (Å²) in [6.07, 6.45) is -0.331. The van der Waals surface area contributed by atoms with Gasteiger partial charge in [0.1, 0.15) is 11.5 Å². The Morgan fingerprint density at radius 3 is 2.28 bits per heavy atom. The summed E-state index contributed by atoms with van der Waals surface area (Å²) in [5, 5.41) is 24.6. The minimum absolute atomic E-state index is 0.00582. The number of anilines is 2. The number of nitrogens with one attached hydrogen (secondary N) is 2. The van der Waals surface area contributed by atoms with E-state index < -0.39 is 28.9 Å². The van der Waals surface area contributed by atoms with Gasteiger partial charge in [0.2, 0.25) is 11.8 Å². The molecule has 0 radical (unpaired) electrons. The number of aromatic nitrogens is 2. The van der Waals surface area contributed by atoms with Gasteiger partial charge in [-0.15, -0.1) is 0 Å². The number of ether oxygens (including phenoxy) is 2. The molecule has 0 saturated carbocycles. The maximum atomic E-state index is 13.3. The fourth-order valence-corrected chi connectivity index (χ4v) is 3.29. The molecule has 11 nitrogen and oxygen atoms in total. The van der Waals surface area contributed by atoms with E-state index in [1.807, 2.05) is 13.8 Å². The van der Waals surface area contributed by atoms with Gasteiger partial charge in [0.25, 0.3) is 11.5 Å². The van der Waals surface area contributed by atoms with E-state index in [0.29, 0.717) is 22.7 Å². The molecule has 1 amide bonds. The number of carboxylic acid groups (broad SMARTS) is 1. The fraction of sp³-hybridized carbons (Fsp3) is 0.280. The number of amides is 1. The Balaban J connectivity index is 1.98. The fourth-order valence-electron chi connectivity index (χ4n) is 3.29. The van der Waals surface area contributed by atoms with Crippen molar-refractivity contribution in [1.82, 2.24) is 14.9 Å². The minimum Gasteiger partial charge on any atom is -0.497 e. The van der Waals surface area contributed by atoms with Gasteiger partial charge < -0.3 is 30.3 Å². The molecule has 2 aromatic carbocycles. The van der Waals surface area contributed by atoms with Crippen LogP contribution < -0.4 is 25.7 Å². The first-order chi connectivity index (χ1) is 17.2. The van der Waals surface area contributed by atoms with Gasteiger partial charge in [-0.25, -0.2) is 0 Å². The summed E-state index contributed by atoms with van der Waals surface area (Å²) in [4.78, 5) is 40.7. The maximum absolute atomic E-state index is 13.3. The average Bonchev–Trinajstić information content (AvgIpc) is 2.82. The third kappa shape index (κ3) is 6.75. The predicted octanol–water partition coefficient (Wildman–Crippen LogP) is 2.74. The van der Waals surface area contributed by atoms with Crippen molar-refractivity contribution in [1.29, 1.82) is 0 Å². The highest BCUT2D eigenvalue weighted by Gasteiger charge is 2.23. The summed E-state index contributed by atoms with van der Waals surface area (Å²) < 4.78 is 12.0. The molecule has 0 spiro atoms. The lowest BCUT2D eigenvalue weighted by atomic mass is 10.2. The summed E-state index contributed by atoms with van der Waals surface area (Å²) >= 11 is 0. The summed E-state index contributed by atoms with van der Waals surface area (Å²) in [7, 11) is 1.54. The molecule has 0 aliphatic carbocycles. The zero-order chi connectivity index (χ0) is 26.2. The Bertz CT molecular complexity index is 1270. The zero-order valence-corrected chi connectivity index (χ0v) is 20.1. The van der Waals surface area contributed by atoms with Crippen LogP contribution in [0.5, 0.6) is 17.4 Å². The number of rotatable bonds is 11. The van der Waals surface area contributed by atoms with Crippen molar-refractivity contribution in [3.63, 3.8) is 0 Å². The number of aliphatic carboxylic acids is 1. The SMILES string of the molecule is COc1ccc(Cn2c(Nc3ccc(OC(C)C)cc3)nc(O)c(C(=O)NCCC(=O)O)c2=O)cc1. The molecule has 0 fully saturated rings. The molecule has 0 atom stereocenters. The standard InChI is InChI=1S/C25H28N4O7/c1-15(2)36-19-10-6-17(7-11-19)27-25-28-23(33)21(22(32)26-13-12-20(30)31)24(34)29(25)14-16-4-8-18(35-3)9-5-16/h4-11,15,33H,12-14H2,1-3H3,(H,26,32)(H,27,28)(H,30,31). The molecular weight excluding hydrogens is 468 g/mol. The van der Waals surface area contributed by atoms with E-state index in [-0.39, 0.29) is 31.6 Å². The molecule has 11 heteroatoms. The average molecular weight is 497 g/mol. The van der Waals surface area contributed by atoms with Crippen molar-refractivity contribution in [2.45, 2.75) is 32.9 Å². The zero-order valence-electron chi connectivity index (χ0n) is 20.1. The number of hydrogen-bond donors (Lipinski definition) is 4. The van der Waals surface area contributed by atoms with Crippen LogP contribution >= 0.6 is 0 Å². The van der Waals surface area contributed by atoms with Crippen LogP contribution in [-0.4, -0.2) is 51.4 Å². The lowest BCUT2D eigenvalue weighted by Crippen LogP contribution is -2.35. The van der Waals surface area contributed by atoms with Gasteiger partial charge in [-0.2, -0.15) is 4.98 Å². The van der Waals surface area contributed by atoms with E-state index in [4.69, 9.17) is 14.6 Å². The molecule has 0 aliphatic rings. The molecule has 4 N–H and O–H groups in total. The van der Waals surface area contributed by atoms with E-state index in [9.17, 15) is 19.5 Å². The summed E-state index contributed by atoms with van der Waals surface area (Å²) in [5.74, 6) is -1.50. The predicted molar refractivity (Wildman–Crippen MR) is 132 cm³/mol. The number of carboxylic acids is 1. The largest absolute Gasteiger partial charge is 0.497 e. The smallest absolute Gasteiger partial charge is 0.305 e. The molecule has 3 aromatic rings. The van der Waals surface area contributed by atoms with Crippen molar-refractivity contribution < 1.29 is 29.3 Å². The first-order valence-corrected chi connectivity index (χ1v) is 11.2. The monoisotopic (exact) mass is 496 g/mol. The van der Waals surface area contributed by atoms with Gasteiger partial charge in [-0.05, 0) is 55.8 Å². The highest BCUT2D eigenvalue weighted by Crippen LogP contribution is 2.22. The summed E-state index contributed by atoms with van der Waals surface area (Å²) in [6.45, 7) is 3.64. The molecule has 0 aliphatic heterocycles. The number of carbonyl (C=O) groups is 2. The number of methoxy groups -OCH3 is 1. The van der Waals surface area contributed by atoms with Crippen LogP contribution in [0.25, 0.3) is 0 Å². The second kappa shape index (κ2) is 11.7. The van der Waals surface area contributed by atoms with Crippen molar-refractivity contribution in [2.24, 2.45) is 0 Å². The number of hydrogen-bond acceptors (Lipinski definition) is 8. The molecule has 1 aromatic heterocycles. The quantitative estimate of drug-likeness (QED) is 0.314. The third-order valence-corrected chi connectivity index (χ3v) is 4.98. The second-order valence-corrected chi connectivity index (χ2v) is 8.09. The number of aromatic hydroxyl groups is 1. The molecule has 0 saturated heterocycles. The van der Waals surface area contributed by atoms with Crippen LogP contribution in [-0.2, 0) is 11.3 Å². The Morgan fingerprint density at radius 1 is 1.06 bits per heavy atom. The molecular formula is C25H28N4O7. The Kier molecular flexibility index (Phi) is 8.50. The molecule has 1 heterocycles. The van der Waals surface area contributed by atoms with Crippen LogP contribution in [0.4, 0.5) is 11.6 Å². The summed E-state index contributed by atoms with van der Waals surface area (Å²) in [5.41, 5.74) is -0.0977. The molecule has 0 unspecified atom stereocenters. The van der Waals surface area contributed by atoms with Crippen LogP contribution in [0.1, 0.15) is 36.2 Å². The summed E-state index contributed by atoms with van der Waals surface area (Å²) in [6, 6.07) is 13.9. The lowest BCUT2D eigenvalue weighted by Gasteiger charge is -2.17. The highest BCUT2D eigenvalue weighted by molar-refractivity contribution is 5.96. The molecule has 36 heavy (non-hydrogen) atoms. The van der Waals surface area contributed by atoms with E-state index in [2.05, 4.69) is 15.6 Å². The minimum atomic E-state index is -1.11. The molecule has 0 bridgehead atoms. The Hall–Kier alpha value is -4.54. The Morgan fingerprint density at radius 2 is 1.69 bits per heavy atom. The van der Waals surface area contributed by atoms with Crippen LogP contribution in [0.2, 0.25) is 0 Å². The van der Waals surface area contributed by atoms with Crippen LogP contribution in [0.3, 0.4) is 0 Å². The topological polar surface area (TPSA) is 152 Å². The van der Waals surface area contributed by atoms with Gasteiger partial charge in [0, 0.05) is 12.2 Å². The van der Waals surface area contributed by atoms with Gasteiger partial charge >= 0.3 is 5.97 Å². The van der Waals surface area contributed by atoms with Crippen molar-refractivity contribution in [2.75, 3.05) is 19.0 Å². The van der Waals surface area contributed by atoms with Gasteiger partial charge in [-0.3, -0.25) is 19.0 Å². The van der Waals surface area contributed by atoms with Crippen molar-refractivity contribution >= 4 is 23.5 Å². The normalized spacial score (nSPS) is 10.7. The maximum Gasteiger partial charge on any atom is 0.305 e. The lowest BCUT2D eigenvalue weighted by molar-refractivity contribution is -0.136. The first kappa shape index (κ1) is 26.1. The number of nitrogens with zero attached hydrogens (tertiary/aromatic N) is 2. The first-order valence-electron chi connectivity index (χ1n) is 11.2. The van der Waals surface area contributed by atoms with Crippen LogP contribution in [0, 0.1) is 0 Å². The second-order valence-electron chi connectivity index (χ2n) is 8.09. The van der Waals surface area contributed by atoms with Crippen molar-refractivity contribution in [3.05, 3.63) is 70.0 Å². The van der Waals surface area contributed by atoms with E-state index in [0.717, 1.165) is 0 Å². The Labute approximate surface area is 207 Å². The van der Waals surface area contributed by atoms with Crippen LogP contribution in [0.15, 0.2) is 53.3 Å². The van der Waals surface area contributed by atoms with E-state index in [1.54, 1.807) is 48.5 Å². The highest BCUT2D eigenvalue weighted by atomic mass is 16.5. The van der Waals surface area contributed by atoms with E-state index in [1.165, 1.54) is 11.7 Å². The van der Waals surface area contributed by atoms with Crippen molar-refractivity contribution in [3.8, 4) is 17.4 Å². The molecule has 190 valence electrons. The van der Waals surface area contributed by atoms with Gasteiger partial charge in [-0.1, -0.05) is 12.1 Å². The van der Waals surface area contributed by atoms with Gasteiger partial charge in [0.15, 0.2) is 5.56 Å². The van der Waals surface area contributed by atoms with Gasteiger partial charge in [0.05, 0.1) is 26.2 Å². The number of carbonyl (C=O) groups excluding carboxylic acids is 1. The van der Waals surface area contributed by atoms with E-state index >= 15 is 0 Å². The third-order valence-electron chi connectivity index (χ3n) is 4.98. The molecule has 3 rings (SSSR count). The number of benzene rings is 2.